The molecule has 0 spiro atoms. The molecular weight excluding hydrogens is 202 g/mol. The van der Waals surface area contributed by atoms with Crippen LogP contribution >= 0.6 is 0 Å². The SMILES string of the molecule is NC(=O)CN(CCC1CNC1)C1CCCC1. The Kier molecular flexibility index (Phi) is 4.18. The third-order valence-electron chi connectivity index (χ3n) is 3.89. The molecule has 0 atom stereocenters. The molecule has 1 aliphatic heterocycles. The number of nitrogens with zero attached hydrogens (tertiary/aromatic N) is 1. The fourth-order valence-electron chi connectivity index (χ4n) is 2.76. The fraction of sp³-hybridized carbons (Fsp3) is 0.917. The molecule has 3 N–H and O–H groups in total. The van der Waals surface area contributed by atoms with Crippen molar-refractivity contribution in [3.05, 3.63) is 0 Å². The molecule has 1 amide bonds. The lowest BCUT2D eigenvalue weighted by Gasteiger charge is -2.32. The summed E-state index contributed by atoms with van der Waals surface area (Å²) in [5, 5.41) is 3.29. The van der Waals surface area contributed by atoms with Crippen LogP contribution in [0.25, 0.3) is 0 Å². The predicted octanol–water partition coefficient (Wildman–Crippen LogP) is 0.326. The van der Waals surface area contributed by atoms with E-state index in [0.29, 0.717) is 12.6 Å². The van der Waals surface area contributed by atoms with Crippen molar-refractivity contribution < 1.29 is 4.79 Å². The minimum atomic E-state index is -0.182. The molecule has 2 fully saturated rings. The van der Waals surface area contributed by atoms with E-state index in [0.717, 1.165) is 25.6 Å². The summed E-state index contributed by atoms with van der Waals surface area (Å²) in [4.78, 5) is 13.4. The number of rotatable bonds is 6. The molecule has 4 heteroatoms. The average Bonchev–Trinajstić information content (AvgIpc) is 2.65. The van der Waals surface area contributed by atoms with Crippen LogP contribution in [0.3, 0.4) is 0 Å². The maximum atomic E-state index is 11.1. The number of hydrogen-bond donors (Lipinski definition) is 2. The van der Waals surface area contributed by atoms with Crippen molar-refractivity contribution >= 4 is 5.91 Å². The van der Waals surface area contributed by atoms with Crippen LogP contribution in [0.1, 0.15) is 32.1 Å². The van der Waals surface area contributed by atoms with Crippen LogP contribution in [-0.4, -0.2) is 43.0 Å². The first kappa shape index (κ1) is 11.9. The second kappa shape index (κ2) is 5.64. The highest BCUT2D eigenvalue weighted by Crippen LogP contribution is 2.24. The van der Waals surface area contributed by atoms with Gasteiger partial charge < -0.3 is 11.1 Å². The van der Waals surface area contributed by atoms with Gasteiger partial charge in [-0.05, 0) is 44.8 Å². The van der Waals surface area contributed by atoms with E-state index in [2.05, 4.69) is 10.2 Å². The highest BCUT2D eigenvalue weighted by atomic mass is 16.1. The first-order chi connectivity index (χ1) is 7.75. The van der Waals surface area contributed by atoms with E-state index in [4.69, 9.17) is 5.73 Å². The van der Waals surface area contributed by atoms with E-state index in [-0.39, 0.29) is 5.91 Å². The van der Waals surface area contributed by atoms with Crippen molar-refractivity contribution in [3.63, 3.8) is 0 Å². The summed E-state index contributed by atoms with van der Waals surface area (Å²) < 4.78 is 0. The van der Waals surface area contributed by atoms with Gasteiger partial charge in [0.1, 0.15) is 0 Å². The Labute approximate surface area is 97.6 Å². The van der Waals surface area contributed by atoms with E-state index in [9.17, 15) is 4.79 Å². The van der Waals surface area contributed by atoms with E-state index < -0.39 is 0 Å². The Balaban J connectivity index is 1.77. The molecule has 1 saturated heterocycles. The van der Waals surface area contributed by atoms with Crippen molar-refractivity contribution in [1.29, 1.82) is 0 Å². The molecule has 0 aromatic carbocycles. The Bertz CT molecular complexity index is 234. The zero-order valence-corrected chi connectivity index (χ0v) is 9.95. The largest absolute Gasteiger partial charge is 0.369 e. The monoisotopic (exact) mass is 225 g/mol. The number of nitrogens with one attached hydrogen (secondary N) is 1. The van der Waals surface area contributed by atoms with Gasteiger partial charge in [0, 0.05) is 6.04 Å². The standard InChI is InChI=1S/C12H23N3O/c13-12(16)9-15(11-3-1-2-4-11)6-5-10-7-14-8-10/h10-11,14H,1-9H2,(H2,13,16). The molecule has 2 rings (SSSR count). The van der Waals surface area contributed by atoms with Crippen LogP contribution < -0.4 is 11.1 Å². The Morgan fingerprint density at radius 2 is 2.00 bits per heavy atom. The Morgan fingerprint density at radius 3 is 2.50 bits per heavy atom. The van der Waals surface area contributed by atoms with Crippen LogP contribution in [0.15, 0.2) is 0 Å². The molecule has 0 radical (unpaired) electrons. The zero-order chi connectivity index (χ0) is 11.4. The molecule has 16 heavy (non-hydrogen) atoms. The fourth-order valence-corrected chi connectivity index (χ4v) is 2.76. The Morgan fingerprint density at radius 1 is 1.31 bits per heavy atom. The minimum absolute atomic E-state index is 0.182. The number of amides is 1. The lowest BCUT2D eigenvalue weighted by atomic mass is 9.98. The lowest BCUT2D eigenvalue weighted by molar-refractivity contribution is -0.119. The number of carbonyl (C=O) groups is 1. The van der Waals surface area contributed by atoms with Crippen molar-refractivity contribution in [3.8, 4) is 0 Å². The molecule has 1 heterocycles. The highest BCUT2D eigenvalue weighted by molar-refractivity contribution is 5.75. The highest BCUT2D eigenvalue weighted by Gasteiger charge is 2.25. The predicted molar refractivity (Wildman–Crippen MR) is 64.0 cm³/mol. The summed E-state index contributed by atoms with van der Waals surface area (Å²) in [6, 6.07) is 0.612. The van der Waals surface area contributed by atoms with Crippen LogP contribution in [-0.2, 0) is 4.79 Å². The molecule has 92 valence electrons. The number of nitrogens with two attached hydrogens (primary N) is 1. The van der Waals surface area contributed by atoms with Crippen LogP contribution in [0.5, 0.6) is 0 Å². The lowest BCUT2D eigenvalue weighted by Crippen LogP contribution is -2.46. The molecule has 0 aromatic rings. The third-order valence-corrected chi connectivity index (χ3v) is 3.89. The summed E-state index contributed by atoms with van der Waals surface area (Å²) in [7, 11) is 0. The number of carbonyl (C=O) groups excluding carboxylic acids is 1. The second-order valence-corrected chi connectivity index (χ2v) is 5.19. The van der Waals surface area contributed by atoms with Crippen LogP contribution in [0.4, 0.5) is 0 Å². The van der Waals surface area contributed by atoms with Crippen LogP contribution in [0.2, 0.25) is 0 Å². The van der Waals surface area contributed by atoms with E-state index in [1.165, 1.54) is 32.1 Å². The smallest absolute Gasteiger partial charge is 0.231 e. The molecular formula is C12H23N3O. The van der Waals surface area contributed by atoms with Gasteiger partial charge in [-0.3, -0.25) is 9.69 Å². The average molecular weight is 225 g/mol. The molecule has 0 aromatic heterocycles. The van der Waals surface area contributed by atoms with Gasteiger partial charge in [0.15, 0.2) is 0 Å². The summed E-state index contributed by atoms with van der Waals surface area (Å²) in [5.41, 5.74) is 5.32. The van der Waals surface area contributed by atoms with Gasteiger partial charge in [-0.15, -0.1) is 0 Å². The van der Waals surface area contributed by atoms with Gasteiger partial charge in [-0.1, -0.05) is 12.8 Å². The summed E-state index contributed by atoms with van der Waals surface area (Å²) >= 11 is 0. The van der Waals surface area contributed by atoms with Gasteiger partial charge in [0.2, 0.25) is 5.91 Å². The van der Waals surface area contributed by atoms with E-state index in [1.54, 1.807) is 0 Å². The Hall–Kier alpha value is -0.610. The normalized spacial score (nSPS) is 22.6. The maximum Gasteiger partial charge on any atom is 0.231 e. The molecule has 4 nitrogen and oxygen atoms in total. The van der Waals surface area contributed by atoms with Crippen molar-refractivity contribution in [2.75, 3.05) is 26.2 Å². The van der Waals surface area contributed by atoms with Crippen LogP contribution in [0, 0.1) is 5.92 Å². The molecule has 1 aliphatic carbocycles. The summed E-state index contributed by atoms with van der Waals surface area (Å²) in [6.45, 7) is 3.79. The van der Waals surface area contributed by atoms with E-state index >= 15 is 0 Å². The zero-order valence-electron chi connectivity index (χ0n) is 9.95. The van der Waals surface area contributed by atoms with Crippen molar-refractivity contribution in [2.24, 2.45) is 11.7 Å². The maximum absolute atomic E-state index is 11.1. The summed E-state index contributed by atoms with van der Waals surface area (Å²) in [5.74, 6) is 0.635. The van der Waals surface area contributed by atoms with Gasteiger partial charge in [-0.25, -0.2) is 0 Å². The third kappa shape index (κ3) is 3.19. The quantitative estimate of drug-likeness (QED) is 0.685. The van der Waals surface area contributed by atoms with Gasteiger partial charge in [-0.2, -0.15) is 0 Å². The van der Waals surface area contributed by atoms with Gasteiger partial charge in [0.05, 0.1) is 6.54 Å². The van der Waals surface area contributed by atoms with Gasteiger partial charge in [0.25, 0.3) is 0 Å². The molecule has 0 unspecified atom stereocenters. The summed E-state index contributed by atoms with van der Waals surface area (Å²) in [6.07, 6.45) is 6.32. The minimum Gasteiger partial charge on any atom is -0.369 e. The van der Waals surface area contributed by atoms with Gasteiger partial charge >= 0.3 is 0 Å². The number of hydrogen-bond acceptors (Lipinski definition) is 3. The van der Waals surface area contributed by atoms with E-state index in [1.807, 2.05) is 0 Å². The molecule has 2 aliphatic rings. The number of primary amides is 1. The first-order valence-electron chi connectivity index (χ1n) is 6.49. The topological polar surface area (TPSA) is 58.4 Å². The first-order valence-corrected chi connectivity index (χ1v) is 6.49. The van der Waals surface area contributed by atoms with Crippen molar-refractivity contribution in [2.45, 2.75) is 38.1 Å². The molecule has 1 saturated carbocycles. The second-order valence-electron chi connectivity index (χ2n) is 5.19. The molecule has 0 bridgehead atoms. The van der Waals surface area contributed by atoms with Crippen molar-refractivity contribution in [1.82, 2.24) is 10.2 Å².